The van der Waals surface area contributed by atoms with Crippen LogP contribution in [0.25, 0.3) is 10.4 Å². The van der Waals surface area contributed by atoms with Crippen LogP contribution >= 0.6 is 11.9 Å². The molecule has 0 rings (SSSR count). The molecule has 3 nitrogen and oxygen atoms in total. The van der Waals surface area contributed by atoms with Crippen molar-refractivity contribution in [2.45, 2.75) is 41.0 Å². The number of hydrogen-bond acceptors (Lipinski definition) is 2. The second-order valence-electron chi connectivity index (χ2n) is 4.67. The Hall–Kier alpha value is -0.340. The summed E-state index contributed by atoms with van der Waals surface area (Å²) in [4.78, 5) is 2.72. The van der Waals surface area contributed by atoms with Crippen molar-refractivity contribution in [1.29, 1.82) is 0 Å². The van der Waals surface area contributed by atoms with Gasteiger partial charge in [-0.2, -0.15) is 0 Å². The number of azide groups is 1. The molecule has 1 unspecified atom stereocenters. The smallest absolute Gasteiger partial charge is 0.0108 e. The maximum Gasteiger partial charge on any atom is 0.0108 e. The van der Waals surface area contributed by atoms with Gasteiger partial charge in [0.1, 0.15) is 0 Å². The van der Waals surface area contributed by atoms with Crippen molar-refractivity contribution in [1.82, 2.24) is 0 Å². The lowest BCUT2D eigenvalue weighted by molar-refractivity contribution is 0.148. The number of nitrogens with zero attached hydrogens (tertiary/aromatic N) is 3. The van der Waals surface area contributed by atoms with Crippen LogP contribution in [0.3, 0.4) is 0 Å². The minimum atomic E-state index is 0.358. The van der Waals surface area contributed by atoms with Crippen molar-refractivity contribution in [3.05, 3.63) is 10.4 Å². The van der Waals surface area contributed by atoms with E-state index in [1.807, 2.05) is 0 Å². The normalized spacial score (nSPS) is 13.9. The molecule has 14 heavy (non-hydrogen) atoms. The van der Waals surface area contributed by atoms with E-state index in [1.54, 1.807) is 0 Å². The predicted molar refractivity (Wildman–Crippen MR) is 64.0 cm³/mol. The van der Waals surface area contributed by atoms with Crippen LogP contribution in [0.1, 0.15) is 41.0 Å². The Kier molecular flexibility index (Phi) is 6.05. The molecule has 0 bridgehead atoms. The Balaban J connectivity index is 3.94. The van der Waals surface area contributed by atoms with Crippen LogP contribution in [0.5, 0.6) is 0 Å². The van der Waals surface area contributed by atoms with Gasteiger partial charge in [-0.1, -0.05) is 46.6 Å². The van der Waals surface area contributed by atoms with Crippen LogP contribution in [0.15, 0.2) is 4.52 Å². The second kappa shape index (κ2) is 6.20. The Bertz CT molecular complexity index is 207. The molecule has 0 N–H and O–H groups in total. The average molecular weight is 215 g/mol. The third-order valence-electron chi connectivity index (χ3n) is 3.49. The quantitative estimate of drug-likeness (QED) is 0.209. The summed E-state index contributed by atoms with van der Waals surface area (Å²) in [6, 6.07) is 0. The van der Waals surface area contributed by atoms with Crippen LogP contribution in [0.4, 0.5) is 0 Å². The van der Waals surface area contributed by atoms with Crippen molar-refractivity contribution in [3.63, 3.8) is 0 Å². The van der Waals surface area contributed by atoms with Gasteiger partial charge in [-0.3, -0.25) is 0 Å². The van der Waals surface area contributed by atoms with E-state index in [0.29, 0.717) is 17.3 Å². The average Bonchev–Trinajstić information content (AvgIpc) is 2.11. The van der Waals surface area contributed by atoms with Gasteiger partial charge < -0.3 is 0 Å². The van der Waals surface area contributed by atoms with Crippen LogP contribution in [0, 0.1) is 17.3 Å². The molecular formula is C10H21N3S. The highest BCUT2D eigenvalue weighted by atomic mass is 32.2. The first-order chi connectivity index (χ1) is 6.42. The lowest BCUT2D eigenvalue weighted by atomic mass is 9.70. The summed E-state index contributed by atoms with van der Waals surface area (Å²) in [5.41, 5.74) is 8.48. The molecule has 0 fully saturated rings. The third kappa shape index (κ3) is 4.25. The highest BCUT2D eigenvalue weighted by Gasteiger charge is 2.28. The van der Waals surface area contributed by atoms with Crippen molar-refractivity contribution in [2.75, 3.05) is 5.75 Å². The van der Waals surface area contributed by atoms with Gasteiger partial charge in [0.05, 0.1) is 0 Å². The van der Waals surface area contributed by atoms with Crippen molar-refractivity contribution >= 4 is 11.9 Å². The van der Waals surface area contributed by atoms with Crippen LogP contribution in [-0.4, -0.2) is 5.75 Å². The Labute approximate surface area is 91.4 Å². The van der Waals surface area contributed by atoms with Gasteiger partial charge in [0, 0.05) is 10.7 Å². The summed E-state index contributed by atoms with van der Waals surface area (Å²) in [7, 11) is 0. The van der Waals surface area contributed by atoms with Crippen molar-refractivity contribution in [2.24, 2.45) is 21.8 Å². The molecule has 0 aromatic heterocycles. The molecular weight excluding hydrogens is 194 g/mol. The van der Waals surface area contributed by atoms with E-state index in [0.717, 1.165) is 12.2 Å². The summed E-state index contributed by atoms with van der Waals surface area (Å²) in [5.74, 6) is 2.26. The molecule has 0 spiro atoms. The van der Waals surface area contributed by atoms with Crippen LogP contribution < -0.4 is 0 Å². The molecule has 0 aromatic rings. The fourth-order valence-electron chi connectivity index (χ4n) is 1.24. The zero-order chi connectivity index (χ0) is 11.2. The van der Waals surface area contributed by atoms with Gasteiger partial charge in [-0.05, 0) is 33.7 Å². The Morgan fingerprint density at radius 1 is 1.36 bits per heavy atom. The predicted octanol–water partition coefficient (Wildman–Crippen LogP) is 4.65. The summed E-state index contributed by atoms with van der Waals surface area (Å²) in [6.07, 6.45) is 1.11. The molecule has 0 radical (unpaired) electrons. The van der Waals surface area contributed by atoms with E-state index in [2.05, 4.69) is 44.0 Å². The first-order valence-electron chi connectivity index (χ1n) is 5.09. The molecule has 4 heteroatoms. The van der Waals surface area contributed by atoms with Gasteiger partial charge in [0.15, 0.2) is 0 Å². The largest absolute Gasteiger partial charge is 0.0667 e. The van der Waals surface area contributed by atoms with Gasteiger partial charge in [-0.15, -0.1) is 0 Å². The monoisotopic (exact) mass is 215 g/mol. The minimum Gasteiger partial charge on any atom is -0.0667 e. The van der Waals surface area contributed by atoms with E-state index in [9.17, 15) is 0 Å². The minimum absolute atomic E-state index is 0.358. The fourth-order valence-corrected chi connectivity index (χ4v) is 1.83. The first kappa shape index (κ1) is 13.7. The molecule has 0 aliphatic rings. The van der Waals surface area contributed by atoms with E-state index >= 15 is 0 Å². The van der Waals surface area contributed by atoms with Crippen LogP contribution in [0.2, 0.25) is 0 Å². The van der Waals surface area contributed by atoms with E-state index in [-0.39, 0.29) is 0 Å². The highest BCUT2D eigenvalue weighted by molar-refractivity contribution is 7.97. The SMILES string of the molecule is CC(C)C(C)(C)C(C)CCSN=[N+]=[N-]. The van der Waals surface area contributed by atoms with Gasteiger partial charge in [0.25, 0.3) is 0 Å². The zero-order valence-corrected chi connectivity index (χ0v) is 10.6. The molecule has 0 saturated heterocycles. The van der Waals surface area contributed by atoms with E-state index in [1.165, 1.54) is 11.9 Å². The van der Waals surface area contributed by atoms with E-state index in [4.69, 9.17) is 5.53 Å². The van der Waals surface area contributed by atoms with Gasteiger partial charge in [-0.25, -0.2) is 0 Å². The fraction of sp³-hybridized carbons (Fsp3) is 1.00. The molecule has 0 saturated carbocycles. The van der Waals surface area contributed by atoms with Gasteiger partial charge in [0.2, 0.25) is 0 Å². The second-order valence-corrected chi connectivity index (χ2v) is 5.50. The molecule has 0 aromatic carbocycles. The third-order valence-corrected chi connectivity index (χ3v) is 4.10. The van der Waals surface area contributed by atoms with E-state index < -0.39 is 0 Å². The molecule has 82 valence electrons. The first-order valence-corrected chi connectivity index (χ1v) is 6.03. The Morgan fingerprint density at radius 3 is 2.36 bits per heavy atom. The van der Waals surface area contributed by atoms with Crippen molar-refractivity contribution in [3.8, 4) is 0 Å². The summed E-state index contributed by atoms with van der Waals surface area (Å²) in [5, 5.41) is 0. The number of rotatable bonds is 6. The number of hydrogen-bond donors (Lipinski definition) is 0. The van der Waals surface area contributed by atoms with Crippen LogP contribution in [-0.2, 0) is 0 Å². The summed E-state index contributed by atoms with van der Waals surface area (Å²) < 4.78 is 3.47. The molecule has 0 amide bonds. The highest BCUT2D eigenvalue weighted by Crippen LogP contribution is 2.37. The molecule has 0 aliphatic carbocycles. The van der Waals surface area contributed by atoms with Gasteiger partial charge >= 0.3 is 0 Å². The lowest BCUT2D eigenvalue weighted by Gasteiger charge is -2.35. The molecule has 1 atom stereocenters. The van der Waals surface area contributed by atoms with Crippen molar-refractivity contribution < 1.29 is 0 Å². The Morgan fingerprint density at radius 2 is 1.93 bits per heavy atom. The lowest BCUT2D eigenvalue weighted by Crippen LogP contribution is -2.28. The zero-order valence-electron chi connectivity index (χ0n) is 9.82. The standard InChI is InChI=1S/C10H21N3S/c1-8(2)10(4,5)9(3)6-7-14-13-12-11/h8-9H,6-7H2,1-5H3. The molecule has 0 heterocycles. The summed E-state index contributed by atoms with van der Waals surface area (Å²) in [6.45, 7) is 11.4. The maximum atomic E-state index is 8.12. The summed E-state index contributed by atoms with van der Waals surface area (Å²) >= 11 is 1.32. The molecule has 0 aliphatic heterocycles. The topological polar surface area (TPSA) is 48.8 Å². The maximum absolute atomic E-state index is 8.12.